The number of carbonyl (C=O) groups excluding carboxylic acids is 2. The number of urea groups is 1. The number of nitrogens with zero attached hydrogens (tertiary/aromatic N) is 2. The number of rotatable bonds is 2. The van der Waals surface area contributed by atoms with Gasteiger partial charge in [-0.2, -0.15) is 0 Å². The molecule has 1 atom stereocenters. The van der Waals surface area contributed by atoms with E-state index < -0.39 is 18.0 Å². The summed E-state index contributed by atoms with van der Waals surface area (Å²) in [7, 11) is 0. The maximum Gasteiger partial charge on any atom is 0.363 e. The Morgan fingerprint density at radius 2 is 1.64 bits per heavy atom. The number of amides is 2. The summed E-state index contributed by atoms with van der Waals surface area (Å²) >= 11 is 6.17. The number of benzene rings is 2. The predicted molar refractivity (Wildman–Crippen MR) is 83.8 cm³/mol. The molecule has 0 N–H and O–H groups in total. The van der Waals surface area contributed by atoms with Crippen molar-refractivity contribution in [3.05, 3.63) is 59.6 Å². The van der Waals surface area contributed by atoms with Crippen LogP contribution in [0.2, 0.25) is 5.02 Å². The lowest BCUT2D eigenvalue weighted by Crippen LogP contribution is -2.58. The molecule has 5 nitrogen and oxygen atoms in total. The molecule has 0 bridgehead atoms. The van der Waals surface area contributed by atoms with E-state index in [1.54, 1.807) is 55.5 Å². The van der Waals surface area contributed by atoms with Gasteiger partial charge >= 0.3 is 12.0 Å². The van der Waals surface area contributed by atoms with E-state index >= 15 is 0 Å². The molecule has 1 fully saturated rings. The summed E-state index contributed by atoms with van der Waals surface area (Å²) in [6.45, 7) is 1.60. The number of hydroxylamine groups is 1. The van der Waals surface area contributed by atoms with Gasteiger partial charge in [-0.1, -0.05) is 41.9 Å². The van der Waals surface area contributed by atoms with E-state index in [1.165, 1.54) is 4.90 Å². The molecule has 22 heavy (non-hydrogen) atoms. The Morgan fingerprint density at radius 3 is 2.32 bits per heavy atom. The summed E-state index contributed by atoms with van der Waals surface area (Å²) in [6, 6.07) is 14.4. The van der Waals surface area contributed by atoms with Crippen LogP contribution in [0.25, 0.3) is 0 Å². The lowest BCUT2D eigenvalue weighted by Gasteiger charge is -2.37. The molecular weight excluding hydrogens is 304 g/mol. The molecule has 2 aromatic carbocycles. The molecule has 0 aromatic heterocycles. The van der Waals surface area contributed by atoms with Crippen molar-refractivity contribution in [3.63, 3.8) is 0 Å². The molecule has 2 aromatic rings. The van der Waals surface area contributed by atoms with E-state index in [4.69, 9.17) is 16.4 Å². The fourth-order valence-corrected chi connectivity index (χ4v) is 2.49. The Morgan fingerprint density at radius 1 is 1.00 bits per heavy atom. The van der Waals surface area contributed by atoms with Gasteiger partial charge in [0.1, 0.15) is 6.04 Å². The highest BCUT2D eigenvalue weighted by molar-refractivity contribution is 6.34. The van der Waals surface area contributed by atoms with Crippen molar-refractivity contribution in [3.8, 4) is 0 Å². The molecule has 1 aliphatic heterocycles. The van der Waals surface area contributed by atoms with Crippen LogP contribution in [0.15, 0.2) is 54.6 Å². The van der Waals surface area contributed by atoms with Gasteiger partial charge in [0, 0.05) is 0 Å². The highest BCUT2D eigenvalue weighted by atomic mass is 35.5. The van der Waals surface area contributed by atoms with Crippen molar-refractivity contribution in [2.24, 2.45) is 0 Å². The van der Waals surface area contributed by atoms with E-state index in [0.717, 1.165) is 5.06 Å². The molecule has 1 heterocycles. The van der Waals surface area contributed by atoms with Crippen LogP contribution in [0.4, 0.5) is 16.2 Å². The standard InChI is InChI=1S/C16H13ClN2O3/c1-11-15(20)22-19(12-7-3-2-4-8-12)16(21)18(11)14-10-6-5-9-13(14)17/h2-11H,1H3. The zero-order valence-corrected chi connectivity index (χ0v) is 12.5. The van der Waals surface area contributed by atoms with Crippen molar-refractivity contribution >= 4 is 35.0 Å². The maximum absolute atomic E-state index is 12.8. The minimum absolute atomic E-state index is 0.394. The average molecular weight is 317 g/mol. The summed E-state index contributed by atoms with van der Waals surface area (Å²) < 4.78 is 0. The van der Waals surface area contributed by atoms with Crippen molar-refractivity contribution in [2.45, 2.75) is 13.0 Å². The molecule has 3 rings (SSSR count). The molecule has 112 valence electrons. The van der Waals surface area contributed by atoms with Crippen LogP contribution < -0.4 is 9.96 Å². The summed E-state index contributed by atoms with van der Waals surface area (Å²) in [5.74, 6) is -0.525. The number of hydrogen-bond acceptors (Lipinski definition) is 3. The van der Waals surface area contributed by atoms with Crippen molar-refractivity contribution in [1.29, 1.82) is 0 Å². The quantitative estimate of drug-likeness (QED) is 0.850. The molecule has 2 amide bonds. The first-order valence-electron chi connectivity index (χ1n) is 6.74. The monoisotopic (exact) mass is 316 g/mol. The normalized spacial score (nSPS) is 18.4. The Labute approximate surface area is 132 Å². The summed E-state index contributed by atoms with van der Waals surface area (Å²) in [5.41, 5.74) is 0.948. The van der Waals surface area contributed by atoms with Crippen molar-refractivity contribution < 1.29 is 14.4 Å². The second-order valence-electron chi connectivity index (χ2n) is 4.82. The molecule has 0 saturated carbocycles. The molecule has 0 spiro atoms. The van der Waals surface area contributed by atoms with Gasteiger partial charge in [-0.3, -0.25) is 4.90 Å². The summed E-state index contributed by atoms with van der Waals surface area (Å²) in [4.78, 5) is 31.4. The van der Waals surface area contributed by atoms with Gasteiger partial charge < -0.3 is 4.84 Å². The van der Waals surface area contributed by atoms with E-state index in [-0.39, 0.29) is 0 Å². The first kappa shape index (κ1) is 14.4. The van der Waals surface area contributed by atoms with E-state index in [0.29, 0.717) is 16.4 Å². The second-order valence-corrected chi connectivity index (χ2v) is 5.23. The lowest BCUT2D eigenvalue weighted by atomic mass is 10.2. The van der Waals surface area contributed by atoms with Gasteiger partial charge in [0.2, 0.25) is 0 Å². The first-order valence-corrected chi connectivity index (χ1v) is 7.12. The third kappa shape index (κ3) is 2.40. The Kier molecular flexibility index (Phi) is 3.73. The smallest absolute Gasteiger partial charge is 0.329 e. The zero-order valence-electron chi connectivity index (χ0n) is 11.8. The average Bonchev–Trinajstić information content (AvgIpc) is 2.54. The van der Waals surface area contributed by atoms with Gasteiger partial charge in [0.05, 0.1) is 16.4 Å². The fraction of sp³-hybridized carbons (Fsp3) is 0.125. The molecular formula is C16H13ClN2O3. The Bertz CT molecular complexity index is 720. The Hall–Kier alpha value is -2.53. The van der Waals surface area contributed by atoms with Crippen LogP contribution in [0.3, 0.4) is 0 Å². The van der Waals surface area contributed by atoms with Crippen LogP contribution in [-0.2, 0) is 9.63 Å². The second kappa shape index (κ2) is 5.69. The van der Waals surface area contributed by atoms with Crippen LogP contribution in [0, 0.1) is 0 Å². The largest absolute Gasteiger partial charge is 0.363 e. The summed E-state index contributed by atoms with van der Waals surface area (Å²) in [6.07, 6.45) is 0. The van der Waals surface area contributed by atoms with Crippen molar-refractivity contribution in [1.82, 2.24) is 0 Å². The third-order valence-corrected chi connectivity index (χ3v) is 3.71. The highest BCUT2D eigenvalue weighted by Crippen LogP contribution is 2.32. The minimum Gasteiger partial charge on any atom is -0.329 e. The van der Waals surface area contributed by atoms with Gasteiger partial charge in [0.25, 0.3) is 0 Å². The van der Waals surface area contributed by atoms with Crippen LogP contribution >= 0.6 is 11.6 Å². The number of halogens is 1. The van der Waals surface area contributed by atoms with E-state index in [9.17, 15) is 9.59 Å². The zero-order chi connectivity index (χ0) is 15.7. The highest BCUT2D eigenvalue weighted by Gasteiger charge is 2.41. The topological polar surface area (TPSA) is 49.9 Å². The predicted octanol–water partition coefficient (Wildman–Crippen LogP) is 3.63. The number of hydrogen-bond donors (Lipinski definition) is 0. The summed E-state index contributed by atoms with van der Waals surface area (Å²) in [5, 5.41) is 1.37. The lowest BCUT2D eigenvalue weighted by molar-refractivity contribution is -0.146. The molecule has 1 aliphatic rings. The SMILES string of the molecule is CC1C(=O)ON(c2ccccc2)C(=O)N1c1ccccc1Cl. The molecule has 0 radical (unpaired) electrons. The van der Waals surface area contributed by atoms with Gasteiger partial charge in [-0.15, -0.1) is 5.06 Å². The number of para-hydroxylation sites is 2. The first-order chi connectivity index (χ1) is 10.6. The number of carbonyl (C=O) groups is 2. The minimum atomic E-state index is -0.757. The Balaban J connectivity index is 2.04. The van der Waals surface area contributed by atoms with Crippen LogP contribution in [0.1, 0.15) is 6.92 Å². The molecule has 1 unspecified atom stereocenters. The van der Waals surface area contributed by atoms with Gasteiger partial charge in [-0.25, -0.2) is 9.59 Å². The van der Waals surface area contributed by atoms with E-state index in [1.807, 2.05) is 6.07 Å². The third-order valence-electron chi connectivity index (χ3n) is 3.39. The van der Waals surface area contributed by atoms with Gasteiger partial charge in [0.15, 0.2) is 0 Å². The molecule has 0 aliphatic carbocycles. The van der Waals surface area contributed by atoms with Crippen LogP contribution in [0.5, 0.6) is 0 Å². The van der Waals surface area contributed by atoms with Crippen LogP contribution in [-0.4, -0.2) is 18.0 Å². The number of anilines is 2. The molecule has 6 heteroatoms. The fourth-order valence-electron chi connectivity index (χ4n) is 2.26. The maximum atomic E-state index is 12.8. The van der Waals surface area contributed by atoms with E-state index in [2.05, 4.69) is 0 Å². The molecule has 1 saturated heterocycles. The van der Waals surface area contributed by atoms with Gasteiger partial charge in [-0.05, 0) is 31.2 Å². The van der Waals surface area contributed by atoms with Crippen molar-refractivity contribution in [2.75, 3.05) is 9.96 Å².